The van der Waals surface area contributed by atoms with Gasteiger partial charge in [-0.2, -0.15) is 0 Å². The predicted octanol–water partition coefficient (Wildman–Crippen LogP) is 5.32. The van der Waals surface area contributed by atoms with E-state index in [0.29, 0.717) is 0 Å². The summed E-state index contributed by atoms with van der Waals surface area (Å²) in [6.07, 6.45) is 3.31. The third-order valence-electron chi connectivity index (χ3n) is 3.94. The van der Waals surface area contributed by atoms with Gasteiger partial charge in [0.25, 0.3) is 0 Å². The van der Waals surface area contributed by atoms with Crippen molar-refractivity contribution in [3.8, 4) is 11.1 Å². The molecule has 0 aliphatic heterocycles. The molecule has 0 saturated carbocycles. The second kappa shape index (κ2) is 5.64. The van der Waals surface area contributed by atoms with Crippen molar-refractivity contribution in [3.63, 3.8) is 0 Å². The van der Waals surface area contributed by atoms with Crippen LogP contribution in [0.15, 0.2) is 53.0 Å². The SMILES string of the molecule is CC(=O)/C=C/c1oc2c(C)c(C)ccc2c1-c1ccccc1. The Hall–Kier alpha value is -2.61. The van der Waals surface area contributed by atoms with Crippen molar-refractivity contribution >= 4 is 22.8 Å². The predicted molar refractivity (Wildman–Crippen MR) is 90.8 cm³/mol. The van der Waals surface area contributed by atoms with E-state index in [1.807, 2.05) is 18.2 Å². The maximum absolute atomic E-state index is 11.3. The smallest absolute Gasteiger partial charge is 0.152 e. The van der Waals surface area contributed by atoms with E-state index in [0.717, 1.165) is 33.4 Å². The van der Waals surface area contributed by atoms with Crippen LogP contribution in [0.2, 0.25) is 0 Å². The molecule has 0 atom stereocenters. The van der Waals surface area contributed by atoms with E-state index in [1.165, 1.54) is 12.5 Å². The maximum atomic E-state index is 11.3. The van der Waals surface area contributed by atoms with Gasteiger partial charge in [0.1, 0.15) is 11.3 Å². The lowest BCUT2D eigenvalue weighted by Crippen LogP contribution is -1.82. The van der Waals surface area contributed by atoms with Gasteiger partial charge in [-0.05, 0) is 49.6 Å². The van der Waals surface area contributed by atoms with Crippen molar-refractivity contribution in [1.29, 1.82) is 0 Å². The zero-order valence-corrected chi connectivity index (χ0v) is 13.0. The van der Waals surface area contributed by atoms with Crippen LogP contribution in [0.1, 0.15) is 23.8 Å². The van der Waals surface area contributed by atoms with Crippen LogP contribution in [0.3, 0.4) is 0 Å². The minimum Gasteiger partial charge on any atom is -0.456 e. The van der Waals surface area contributed by atoms with Crippen LogP contribution in [-0.2, 0) is 4.79 Å². The molecule has 0 bridgehead atoms. The molecule has 2 nitrogen and oxygen atoms in total. The van der Waals surface area contributed by atoms with Crippen LogP contribution in [-0.4, -0.2) is 5.78 Å². The average molecular weight is 290 g/mol. The maximum Gasteiger partial charge on any atom is 0.152 e. The summed E-state index contributed by atoms with van der Waals surface area (Å²) >= 11 is 0. The number of rotatable bonds is 3. The lowest BCUT2D eigenvalue weighted by atomic mass is 9.99. The van der Waals surface area contributed by atoms with Crippen LogP contribution in [0, 0.1) is 13.8 Å². The standard InChI is InChI=1S/C20H18O2/c1-13-9-11-17-19(16-7-5-4-6-8-16)18(12-10-14(2)21)22-20(17)15(13)3/h4-12H,1-3H3/b12-10+. The minimum absolute atomic E-state index is 0.00682. The molecule has 110 valence electrons. The molecule has 0 spiro atoms. The monoisotopic (exact) mass is 290 g/mol. The number of allylic oxidation sites excluding steroid dienone is 1. The molecule has 0 fully saturated rings. The van der Waals surface area contributed by atoms with Gasteiger partial charge in [-0.1, -0.05) is 42.5 Å². The van der Waals surface area contributed by atoms with E-state index in [4.69, 9.17) is 4.42 Å². The molecule has 0 aliphatic carbocycles. The first-order chi connectivity index (χ1) is 10.6. The first-order valence-electron chi connectivity index (χ1n) is 7.34. The van der Waals surface area contributed by atoms with Crippen LogP contribution >= 0.6 is 0 Å². The highest BCUT2D eigenvalue weighted by Gasteiger charge is 2.16. The number of furan rings is 1. The van der Waals surface area contributed by atoms with Gasteiger partial charge in [0.2, 0.25) is 0 Å². The van der Waals surface area contributed by atoms with Gasteiger partial charge in [-0.3, -0.25) is 4.79 Å². The first-order valence-corrected chi connectivity index (χ1v) is 7.34. The Bertz CT molecular complexity index is 868. The summed E-state index contributed by atoms with van der Waals surface area (Å²) in [6.45, 7) is 5.68. The lowest BCUT2D eigenvalue weighted by Gasteiger charge is -2.02. The molecule has 3 rings (SSSR count). The van der Waals surface area contributed by atoms with Crippen LogP contribution in [0.25, 0.3) is 28.2 Å². The largest absolute Gasteiger partial charge is 0.456 e. The van der Waals surface area contributed by atoms with Crippen LogP contribution in [0.4, 0.5) is 0 Å². The molecule has 0 unspecified atom stereocenters. The molecule has 2 heteroatoms. The third-order valence-corrected chi connectivity index (χ3v) is 3.94. The van der Waals surface area contributed by atoms with Crippen molar-refractivity contribution in [3.05, 3.63) is 65.4 Å². The van der Waals surface area contributed by atoms with Gasteiger partial charge in [-0.25, -0.2) is 0 Å². The van der Waals surface area contributed by atoms with E-state index in [2.05, 4.69) is 38.1 Å². The molecule has 22 heavy (non-hydrogen) atoms. The Labute approximate surface area is 130 Å². The van der Waals surface area contributed by atoms with Crippen LogP contribution < -0.4 is 0 Å². The Balaban J connectivity index is 2.33. The zero-order chi connectivity index (χ0) is 15.7. The average Bonchev–Trinajstić information content (AvgIpc) is 2.89. The fraction of sp³-hybridized carbons (Fsp3) is 0.150. The van der Waals surface area contributed by atoms with Gasteiger partial charge in [0.15, 0.2) is 5.78 Å². The third kappa shape index (κ3) is 2.48. The number of carbonyl (C=O) groups excluding carboxylic acids is 1. The number of fused-ring (bicyclic) bond motifs is 1. The van der Waals surface area contributed by atoms with Gasteiger partial charge < -0.3 is 4.42 Å². The zero-order valence-electron chi connectivity index (χ0n) is 13.0. The van der Waals surface area contributed by atoms with Crippen molar-refractivity contribution in [2.24, 2.45) is 0 Å². The highest BCUT2D eigenvalue weighted by molar-refractivity contribution is 6.01. The highest BCUT2D eigenvalue weighted by Crippen LogP contribution is 2.37. The summed E-state index contributed by atoms with van der Waals surface area (Å²) in [5.74, 6) is 0.734. The number of hydrogen-bond donors (Lipinski definition) is 0. The molecule has 0 N–H and O–H groups in total. The molecular formula is C20H18O2. The summed E-state index contributed by atoms with van der Waals surface area (Å²) in [6, 6.07) is 14.3. The van der Waals surface area contributed by atoms with Crippen molar-refractivity contribution in [2.75, 3.05) is 0 Å². The summed E-state index contributed by atoms with van der Waals surface area (Å²) < 4.78 is 6.08. The van der Waals surface area contributed by atoms with Gasteiger partial charge in [-0.15, -0.1) is 0 Å². The Morgan fingerprint density at radius 1 is 1.05 bits per heavy atom. The Kier molecular flexibility index (Phi) is 3.68. The summed E-state index contributed by atoms with van der Waals surface area (Å²) in [7, 11) is 0. The molecule has 3 aromatic rings. The fourth-order valence-corrected chi connectivity index (χ4v) is 2.63. The van der Waals surface area contributed by atoms with Gasteiger partial charge >= 0.3 is 0 Å². The van der Waals surface area contributed by atoms with E-state index in [1.54, 1.807) is 12.2 Å². The van der Waals surface area contributed by atoms with E-state index >= 15 is 0 Å². The fourth-order valence-electron chi connectivity index (χ4n) is 2.63. The molecule has 0 aliphatic rings. The topological polar surface area (TPSA) is 30.2 Å². The summed E-state index contributed by atoms with van der Waals surface area (Å²) in [4.78, 5) is 11.3. The number of carbonyl (C=O) groups is 1. The van der Waals surface area contributed by atoms with E-state index in [9.17, 15) is 4.79 Å². The van der Waals surface area contributed by atoms with Crippen molar-refractivity contribution in [2.45, 2.75) is 20.8 Å². The first kappa shape index (κ1) is 14.3. The van der Waals surface area contributed by atoms with Gasteiger partial charge in [0.05, 0.1) is 0 Å². The molecular weight excluding hydrogens is 272 g/mol. The Morgan fingerprint density at radius 3 is 2.45 bits per heavy atom. The quantitative estimate of drug-likeness (QED) is 0.611. The molecule has 1 heterocycles. The molecule has 0 radical (unpaired) electrons. The number of hydrogen-bond acceptors (Lipinski definition) is 2. The molecule has 1 aromatic heterocycles. The normalized spacial score (nSPS) is 11.4. The number of ketones is 1. The van der Waals surface area contributed by atoms with Crippen LogP contribution in [0.5, 0.6) is 0 Å². The van der Waals surface area contributed by atoms with E-state index < -0.39 is 0 Å². The van der Waals surface area contributed by atoms with E-state index in [-0.39, 0.29) is 5.78 Å². The number of aryl methyl sites for hydroxylation is 2. The van der Waals surface area contributed by atoms with Crippen molar-refractivity contribution in [1.82, 2.24) is 0 Å². The minimum atomic E-state index is 0.00682. The summed E-state index contributed by atoms with van der Waals surface area (Å²) in [5.41, 5.74) is 5.35. The van der Waals surface area contributed by atoms with Gasteiger partial charge in [0, 0.05) is 10.9 Å². The second-order valence-corrected chi connectivity index (χ2v) is 5.54. The lowest BCUT2D eigenvalue weighted by molar-refractivity contribution is -0.112. The summed E-state index contributed by atoms with van der Waals surface area (Å²) in [5, 5.41) is 1.08. The highest BCUT2D eigenvalue weighted by atomic mass is 16.3. The van der Waals surface area contributed by atoms with Crippen molar-refractivity contribution < 1.29 is 9.21 Å². The number of benzene rings is 2. The second-order valence-electron chi connectivity index (χ2n) is 5.54. The molecule has 0 amide bonds. The Morgan fingerprint density at radius 2 is 1.77 bits per heavy atom. The molecule has 0 saturated heterocycles. The molecule has 2 aromatic carbocycles.